The maximum Gasteiger partial charge on any atom is 0.106 e. The third-order valence-corrected chi connectivity index (χ3v) is 3.48. The zero-order chi connectivity index (χ0) is 11.0. The van der Waals surface area contributed by atoms with E-state index in [1.54, 1.807) is 0 Å². The van der Waals surface area contributed by atoms with Gasteiger partial charge in [-0.15, -0.1) is 0 Å². The van der Waals surface area contributed by atoms with Gasteiger partial charge in [0, 0.05) is 0 Å². The molecule has 85 valence electrons. The van der Waals surface area contributed by atoms with Gasteiger partial charge in [0.15, 0.2) is 0 Å². The fraction of sp³-hybridized carbons (Fsp3) is 1.00. The molecule has 0 aromatic rings. The van der Waals surface area contributed by atoms with Gasteiger partial charge in [-0.1, -0.05) is 47.0 Å². The molecule has 0 saturated heterocycles. The van der Waals surface area contributed by atoms with Crippen LogP contribution in [-0.4, -0.2) is 5.60 Å². The zero-order valence-electron chi connectivity index (χ0n) is 10.4. The molecule has 0 aliphatic heterocycles. The summed E-state index contributed by atoms with van der Waals surface area (Å²) < 4.78 is 0. The van der Waals surface area contributed by atoms with Gasteiger partial charge in [0.2, 0.25) is 0 Å². The monoisotopic (exact) mass is 199 g/mol. The number of rotatable bonds is 8. The second-order valence-electron chi connectivity index (χ2n) is 4.40. The molecule has 0 amide bonds. The van der Waals surface area contributed by atoms with E-state index in [1.165, 1.54) is 12.8 Å². The number of hydrogen-bond donors (Lipinski definition) is 0. The Morgan fingerprint density at radius 3 is 1.86 bits per heavy atom. The molecule has 1 unspecified atom stereocenters. The topological polar surface area (TPSA) is 19.9 Å². The third-order valence-electron chi connectivity index (χ3n) is 3.48. The molecule has 0 rings (SSSR count). The Hall–Kier alpha value is -0.0400. The molecule has 0 aliphatic carbocycles. The summed E-state index contributed by atoms with van der Waals surface area (Å²) in [5.74, 6) is 0.405. The van der Waals surface area contributed by atoms with Gasteiger partial charge in [-0.3, -0.25) is 0 Å². The molecule has 1 nitrogen and oxygen atoms in total. The standard InChI is InChI=1S/C13H27O/c1-5-9-11-12(10-6-2)13(14,7-3)8-4/h12H,5-11H2,1-4H3. The largest absolute Gasteiger partial charge is 0.229 e. The maximum absolute atomic E-state index is 12.4. The van der Waals surface area contributed by atoms with Gasteiger partial charge in [-0.25, -0.2) is 5.11 Å². The zero-order valence-corrected chi connectivity index (χ0v) is 10.4. The third kappa shape index (κ3) is 4.00. The van der Waals surface area contributed by atoms with Crippen molar-refractivity contribution < 1.29 is 5.11 Å². The van der Waals surface area contributed by atoms with E-state index < -0.39 is 5.60 Å². The molecule has 0 bridgehead atoms. The van der Waals surface area contributed by atoms with Crippen molar-refractivity contribution in [3.63, 3.8) is 0 Å². The number of unbranched alkanes of at least 4 members (excludes halogenated alkanes) is 1. The van der Waals surface area contributed by atoms with Crippen molar-refractivity contribution in [1.82, 2.24) is 0 Å². The first-order valence-electron chi connectivity index (χ1n) is 6.34. The molecule has 14 heavy (non-hydrogen) atoms. The summed E-state index contributed by atoms with van der Waals surface area (Å²) >= 11 is 0. The summed E-state index contributed by atoms with van der Waals surface area (Å²) in [6.45, 7) is 8.48. The van der Waals surface area contributed by atoms with Crippen LogP contribution in [0, 0.1) is 5.92 Å². The Kier molecular flexibility index (Phi) is 7.26. The normalized spacial score (nSPS) is 14.4. The summed E-state index contributed by atoms with van der Waals surface area (Å²) in [5, 5.41) is 12.4. The molecule has 0 aromatic carbocycles. The smallest absolute Gasteiger partial charge is 0.106 e. The van der Waals surface area contributed by atoms with E-state index in [0.29, 0.717) is 5.92 Å². The lowest BCUT2D eigenvalue weighted by Gasteiger charge is -2.32. The molecular weight excluding hydrogens is 172 g/mol. The molecule has 0 heterocycles. The molecule has 0 N–H and O–H groups in total. The molecule has 0 aromatic heterocycles. The number of hydrogen-bond acceptors (Lipinski definition) is 0. The molecule has 0 spiro atoms. The maximum atomic E-state index is 12.4. The van der Waals surface area contributed by atoms with Crippen LogP contribution in [0.4, 0.5) is 0 Å². The van der Waals surface area contributed by atoms with Crippen molar-refractivity contribution >= 4 is 0 Å². The summed E-state index contributed by atoms with van der Waals surface area (Å²) in [6.07, 6.45) is 7.41. The highest BCUT2D eigenvalue weighted by Crippen LogP contribution is 2.33. The average Bonchev–Trinajstić information content (AvgIpc) is 2.23. The van der Waals surface area contributed by atoms with Crippen molar-refractivity contribution in [3.05, 3.63) is 0 Å². The average molecular weight is 199 g/mol. The van der Waals surface area contributed by atoms with Crippen LogP contribution >= 0.6 is 0 Å². The molecule has 0 saturated carbocycles. The highest BCUT2D eigenvalue weighted by atomic mass is 16.3. The van der Waals surface area contributed by atoms with E-state index in [4.69, 9.17) is 0 Å². The van der Waals surface area contributed by atoms with Crippen LogP contribution in [-0.2, 0) is 5.11 Å². The summed E-state index contributed by atoms with van der Waals surface area (Å²) in [5.41, 5.74) is -0.648. The summed E-state index contributed by atoms with van der Waals surface area (Å²) in [6, 6.07) is 0. The van der Waals surface area contributed by atoms with Crippen molar-refractivity contribution in [2.75, 3.05) is 0 Å². The van der Waals surface area contributed by atoms with Gasteiger partial charge in [0.25, 0.3) is 0 Å². The molecule has 1 heteroatoms. The fourth-order valence-electron chi connectivity index (χ4n) is 2.30. The van der Waals surface area contributed by atoms with E-state index in [1.807, 2.05) is 13.8 Å². The molecule has 1 radical (unpaired) electrons. The van der Waals surface area contributed by atoms with Gasteiger partial charge in [-0.05, 0) is 31.6 Å². The van der Waals surface area contributed by atoms with Crippen LogP contribution in [0.5, 0.6) is 0 Å². The van der Waals surface area contributed by atoms with Crippen molar-refractivity contribution in [2.24, 2.45) is 5.92 Å². The van der Waals surface area contributed by atoms with Crippen LogP contribution in [0.1, 0.15) is 72.6 Å². The highest BCUT2D eigenvalue weighted by molar-refractivity contribution is 4.83. The van der Waals surface area contributed by atoms with E-state index in [-0.39, 0.29) is 0 Å². The Labute approximate surface area is 89.9 Å². The highest BCUT2D eigenvalue weighted by Gasteiger charge is 2.33. The lowest BCUT2D eigenvalue weighted by molar-refractivity contribution is -0.0898. The van der Waals surface area contributed by atoms with Gasteiger partial charge < -0.3 is 0 Å². The van der Waals surface area contributed by atoms with Crippen molar-refractivity contribution in [2.45, 2.75) is 78.2 Å². The Bertz CT molecular complexity index is 127. The van der Waals surface area contributed by atoms with Crippen LogP contribution in [0.2, 0.25) is 0 Å². The van der Waals surface area contributed by atoms with Crippen molar-refractivity contribution in [3.8, 4) is 0 Å². The first-order chi connectivity index (χ1) is 6.64. The molecule has 0 fully saturated rings. The second-order valence-corrected chi connectivity index (χ2v) is 4.40. The van der Waals surface area contributed by atoms with E-state index in [2.05, 4.69) is 13.8 Å². The first-order valence-corrected chi connectivity index (χ1v) is 6.34. The van der Waals surface area contributed by atoms with Gasteiger partial charge in [0.05, 0.1) is 0 Å². The minimum atomic E-state index is -0.648. The summed E-state index contributed by atoms with van der Waals surface area (Å²) in [7, 11) is 0. The summed E-state index contributed by atoms with van der Waals surface area (Å²) in [4.78, 5) is 0. The Morgan fingerprint density at radius 1 is 0.929 bits per heavy atom. The molecule has 1 atom stereocenters. The second kappa shape index (κ2) is 7.28. The quantitative estimate of drug-likeness (QED) is 0.545. The fourth-order valence-corrected chi connectivity index (χ4v) is 2.30. The van der Waals surface area contributed by atoms with Gasteiger partial charge in [-0.2, -0.15) is 0 Å². The lowest BCUT2D eigenvalue weighted by atomic mass is 9.77. The minimum Gasteiger partial charge on any atom is -0.229 e. The SMILES string of the molecule is CCCCC(CCC)C([O])(CC)CC. The lowest BCUT2D eigenvalue weighted by Crippen LogP contribution is -2.35. The predicted octanol–water partition coefficient (Wildman–Crippen LogP) is 4.58. The Morgan fingerprint density at radius 2 is 1.50 bits per heavy atom. The van der Waals surface area contributed by atoms with Gasteiger partial charge >= 0.3 is 0 Å². The minimum absolute atomic E-state index is 0.405. The van der Waals surface area contributed by atoms with Crippen LogP contribution in [0.3, 0.4) is 0 Å². The van der Waals surface area contributed by atoms with E-state index in [9.17, 15) is 5.11 Å². The molecular formula is C13H27O. The first kappa shape index (κ1) is 14.0. The van der Waals surface area contributed by atoms with Crippen LogP contribution in [0.15, 0.2) is 0 Å². The van der Waals surface area contributed by atoms with Crippen LogP contribution in [0.25, 0.3) is 0 Å². The van der Waals surface area contributed by atoms with Crippen LogP contribution < -0.4 is 0 Å². The Balaban J connectivity index is 4.27. The predicted molar refractivity (Wildman–Crippen MR) is 61.9 cm³/mol. The van der Waals surface area contributed by atoms with Gasteiger partial charge in [0.1, 0.15) is 5.60 Å². The van der Waals surface area contributed by atoms with Crippen molar-refractivity contribution in [1.29, 1.82) is 0 Å². The molecule has 0 aliphatic rings. The van der Waals surface area contributed by atoms with E-state index >= 15 is 0 Å². The van der Waals surface area contributed by atoms with E-state index in [0.717, 1.165) is 32.1 Å².